The Balaban J connectivity index is 1.32. The first-order valence-electron chi connectivity index (χ1n) is 45.4. The maximum Gasteiger partial charge on any atom is 0.220 e. The van der Waals surface area contributed by atoms with Crippen LogP contribution in [0.15, 0.2) is 48.6 Å². The van der Waals surface area contributed by atoms with Crippen molar-refractivity contribution in [2.45, 2.75) is 491 Å². The lowest BCUT2D eigenvalue weighted by atomic mass is 9.96. The molecule has 0 aromatic carbocycles. The first-order valence-corrected chi connectivity index (χ1v) is 45.4. The summed E-state index contributed by atoms with van der Waals surface area (Å²) in [7, 11) is 0. The molecule has 19 heteroatoms. The second-order valence-electron chi connectivity index (χ2n) is 32.4. The van der Waals surface area contributed by atoms with Gasteiger partial charge in [0.1, 0.15) is 73.2 Å². The second kappa shape index (κ2) is 70.0. The highest BCUT2D eigenvalue weighted by atomic mass is 16.8. The zero-order chi connectivity index (χ0) is 78.8. The van der Waals surface area contributed by atoms with E-state index in [2.05, 4.69) is 55.6 Å². The number of allylic oxidation sites excluding steroid dienone is 7. The average molecular weight is 1550 g/mol. The summed E-state index contributed by atoms with van der Waals surface area (Å²) >= 11 is 0. The van der Waals surface area contributed by atoms with Gasteiger partial charge < -0.3 is 89.9 Å². The quantitative estimate of drug-likeness (QED) is 0.0199. The Morgan fingerprint density at radius 2 is 0.606 bits per heavy atom. The fraction of sp³-hybridized carbons (Fsp3) is 0.900. The average Bonchev–Trinajstić information content (AvgIpc) is 0.749. The molecule has 109 heavy (non-hydrogen) atoms. The van der Waals surface area contributed by atoms with Gasteiger partial charge in [-0.3, -0.25) is 4.79 Å². The molecule has 0 aromatic heterocycles. The van der Waals surface area contributed by atoms with Crippen LogP contribution in [0.1, 0.15) is 386 Å². The minimum atomic E-state index is -1.98. The van der Waals surface area contributed by atoms with Crippen molar-refractivity contribution in [3.63, 3.8) is 0 Å². The standard InChI is InChI=1S/C90H167NO18/c1-3-5-7-9-11-13-15-17-19-21-23-25-27-29-31-33-34-35-36-37-38-40-42-44-46-48-50-52-54-56-58-60-62-64-66-68-78(96)91-73(74(95)67-65-63-61-59-57-55-53-51-49-47-45-43-41-39-32-30-28-26-24-22-20-18-16-14-12-10-8-6-4-2)72-104-88-84(102)81(99)86(76(70-93)106-88)109-90-85(103)82(100)87(77(71-94)107-90)108-89-83(101)80(98)79(97)75(69-92)105-89/h15,17,21,23,27,29,65,67,73-77,79-90,92-95,97-103H,3-14,16,18-20,22,24-26,28,30-64,66,68-72H2,1-2H3,(H,91,96)/b17-15-,23-21-,29-27-,67-65+. The number of hydrogen-bond acceptors (Lipinski definition) is 18. The van der Waals surface area contributed by atoms with Crippen LogP contribution in [0.4, 0.5) is 0 Å². The number of carbonyl (C=O) groups excluding carboxylic acids is 1. The molecule has 17 atom stereocenters. The molecule has 0 aliphatic carbocycles. The number of ether oxygens (including phenoxy) is 6. The monoisotopic (exact) mass is 1550 g/mol. The summed E-state index contributed by atoms with van der Waals surface area (Å²) in [6, 6.07) is -0.975. The number of unbranched alkanes of at least 4 members (excludes halogenated alkanes) is 52. The Morgan fingerprint density at radius 3 is 0.945 bits per heavy atom. The lowest BCUT2D eigenvalue weighted by molar-refractivity contribution is -0.379. The number of nitrogens with one attached hydrogen (secondary N) is 1. The predicted molar refractivity (Wildman–Crippen MR) is 439 cm³/mol. The van der Waals surface area contributed by atoms with Crippen molar-refractivity contribution < 1.29 is 89.4 Å². The molecule has 640 valence electrons. The number of rotatable bonds is 74. The highest BCUT2D eigenvalue weighted by Crippen LogP contribution is 2.34. The summed E-state index contributed by atoms with van der Waals surface area (Å²) in [6.45, 7) is 1.79. The van der Waals surface area contributed by atoms with Gasteiger partial charge >= 0.3 is 0 Å². The molecule has 3 saturated heterocycles. The van der Waals surface area contributed by atoms with Crippen molar-refractivity contribution in [1.82, 2.24) is 5.32 Å². The topological polar surface area (TPSA) is 307 Å². The van der Waals surface area contributed by atoms with E-state index in [0.717, 1.165) is 57.8 Å². The normalized spacial score (nSPS) is 25.5. The molecular weight excluding hydrogens is 1380 g/mol. The van der Waals surface area contributed by atoms with E-state index in [1.54, 1.807) is 6.08 Å². The molecule has 3 aliphatic rings. The van der Waals surface area contributed by atoms with Crippen molar-refractivity contribution in [2.24, 2.45) is 0 Å². The second-order valence-corrected chi connectivity index (χ2v) is 32.4. The van der Waals surface area contributed by atoms with Gasteiger partial charge in [-0.25, -0.2) is 0 Å². The lowest BCUT2D eigenvalue weighted by Crippen LogP contribution is -2.66. The summed E-state index contributed by atoms with van der Waals surface area (Å²) in [6.07, 6.45) is 64.0. The highest BCUT2D eigenvalue weighted by Gasteiger charge is 2.54. The molecule has 0 saturated carbocycles. The summed E-state index contributed by atoms with van der Waals surface area (Å²) in [5.41, 5.74) is 0. The molecule has 12 N–H and O–H groups in total. The molecule has 3 rings (SSSR count). The first kappa shape index (κ1) is 101. The van der Waals surface area contributed by atoms with Crippen molar-refractivity contribution in [1.29, 1.82) is 0 Å². The number of amides is 1. The van der Waals surface area contributed by atoms with E-state index in [-0.39, 0.29) is 18.9 Å². The van der Waals surface area contributed by atoms with Gasteiger partial charge in [-0.15, -0.1) is 0 Å². The third-order valence-electron chi connectivity index (χ3n) is 22.6. The maximum absolute atomic E-state index is 13.5. The van der Waals surface area contributed by atoms with Crippen LogP contribution >= 0.6 is 0 Å². The molecule has 19 nitrogen and oxygen atoms in total. The molecule has 1 amide bonds. The van der Waals surface area contributed by atoms with Crippen molar-refractivity contribution in [3.05, 3.63) is 48.6 Å². The molecule has 3 aliphatic heterocycles. The van der Waals surface area contributed by atoms with E-state index in [0.29, 0.717) is 6.42 Å². The maximum atomic E-state index is 13.5. The predicted octanol–water partition coefficient (Wildman–Crippen LogP) is 17.2. The summed E-state index contributed by atoms with van der Waals surface area (Å²) < 4.78 is 34.5. The van der Waals surface area contributed by atoms with E-state index in [9.17, 15) is 61.0 Å². The lowest BCUT2D eigenvalue weighted by Gasteiger charge is -2.48. The summed E-state index contributed by atoms with van der Waals surface area (Å²) in [5.74, 6) is -0.268. The van der Waals surface area contributed by atoms with E-state index >= 15 is 0 Å². The van der Waals surface area contributed by atoms with Gasteiger partial charge in [-0.2, -0.15) is 0 Å². The Labute approximate surface area is 663 Å². The minimum Gasteiger partial charge on any atom is -0.394 e. The van der Waals surface area contributed by atoms with Crippen molar-refractivity contribution in [3.8, 4) is 0 Å². The van der Waals surface area contributed by atoms with Crippen molar-refractivity contribution >= 4 is 5.91 Å². The van der Waals surface area contributed by atoms with Crippen LogP contribution in [0.3, 0.4) is 0 Å². The Morgan fingerprint density at radius 1 is 0.330 bits per heavy atom. The van der Waals surface area contributed by atoms with Gasteiger partial charge in [-0.1, -0.05) is 371 Å². The van der Waals surface area contributed by atoms with Gasteiger partial charge in [-0.05, 0) is 57.8 Å². The van der Waals surface area contributed by atoms with E-state index in [1.165, 1.54) is 302 Å². The van der Waals surface area contributed by atoms with Crippen LogP contribution in [0.25, 0.3) is 0 Å². The summed E-state index contributed by atoms with van der Waals surface area (Å²) in [5, 5.41) is 121. The van der Waals surface area contributed by atoms with Crippen LogP contribution in [-0.4, -0.2) is 193 Å². The van der Waals surface area contributed by atoms with Crippen LogP contribution in [0.5, 0.6) is 0 Å². The van der Waals surface area contributed by atoms with Gasteiger partial charge in [0, 0.05) is 6.42 Å². The molecule has 17 unspecified atom stereocenters. The molecule has 0 radical (unpaired) electrons. The van der Waals surface area contributed by atoms with Gasteiger partial charge in [0.25, 0.3) is 0 Å². The van der Waals surface area contributed by atoms with E-state index in [4.69, 9.17) is 28.4 Å². The highest BCUT2D eigenvalue weighted by molar-refractivity contribution is 5.76. The van der Waals surface area contributed by atoms with Crippen LogP contribution in [-0.2, 0) is 33.2 Å². The Kier molecular flexibility index (Phi) is 64.8. The first-order chi connectivity index (χ1) is 53.3. The SMILES string of the molecule is CCCCCCC/C=C\C/C=C\C/C=C\CCCCCCCCCCCCCCCCCCCCCCC(=O)NC(COC1OC(CO)C(OC2OC(CO)C(OC3OC(CO)C(O)C(O)C3O)C(O)C2O)C(O)C1O)C(O)/C=C/CCCCCCCCCCCCCCCCCCCCCCCCCCCCC. The molecule has 0 spiro atoms. The zero-order valence-electron chi connectivity index (χ0n) is 69.1. The van der Waals surface area contributed by atoms with Crippen LogP contribution in [0, 0.1) is 0 Å². The Hall–Kier alpha value is -2.25. The molecule has 3 heterocycles. The fourth-order valence-corrected chi connectivity index (χ4v) is 15.4. The number of aliphatic hydroxyl groups excluding tert-OH is 11. The number of carbonyl (C=O) groups is 1. The van der Waals surface area contributed by atoms with E-state index < -0.39 is 124 Å². The minimum absolute atomic E-state index is 0.246. The molecule has 3 fully saturated rings. The van der Waals surface area contributed by atoms with Gasteiger partial charge in [0.15, 0.2) is 18.9 Å². The van der Waals surface area contributed by atoms with Crippen LogP contribution < -0.4 is 5.32 Å². The third-order valence-corrected chi connectivity index (χ3v) is 22.6. The largest absolute Gasteiger partial charge is 0.394 e. The van der Waals surface area contributed by atoms with Gasteiger partial charge in [0.2, 0.25) is 5.91 Å². The zero-order valence-corrected chi connectivity index (χ0v) is 69.1. The summed E-state index contributed by atoms with van der Waals surface area (Å²) in [4.78, 5) is 13.5. The molecule has 0 aromatic rings. The molecular formula is C90H167NO18. The Bertz CT molecular complexity index is 2150. The van der Waals surface area contributed by atoms with Crippen LogP contribution in [0.2, 0.25) is 0 Å². The third kappa shape index (κ3) is 48.8. The number of aliphatic hydroxyl groups is 11. The number of hydrogen-bond donors (Lipinski definition) is 12. The van der Waals surface area contributed by atoms with Crippen molar-refractivity contribution in [2.75, 3.05) is 26.4 Å². The van der Waals surface area contributed by atoms with E-state index in [1.807, 2.05) is 6.08 Å². The smallest absolute Gasteiger partial charge is 0.220 e. The fourth-order valence-electron chi connectivity index (χ4n) is 15.4. The van der Waals surface area contributed by atoms with Gasteiger partial charge in [0.05, 0.1) is 38.6 Å². The molecule has 0 bridgehead atoms.